The van der Waals surface area contributed by atoms with Gasteiger partial charge in [-0.05, 0) is 18.2 Å². The van der Waals surface area contributed by atoms with E-state index in [0.717, 1.165) is 0 Å². The van der Waals surface area contributed by atoms with Crippen LogP contribution in [0.4, 0.5) is 11.4 Å². The highest BCUT2D eigenvalue weighted by Gasteiger charge is 2.30. The maximum atomic E-state index is 11.2. The molecule has 0 spiro atoms. The van der Waals surface area contributed by atoms with E-state index in [1.807, 2.05) is 0 Å². The summed E-state index contributed by atoms with van der Waals surface area (Å²) in [7, 11) is 0. The molecule has 0 aromatic heterocycles. The summed E-state index contributed by atoms with van der Waals surface area (Å²) in [4.78, 5) is 11.2. The summed E-state index contributed by atoms with van der Waals surface area (Å²) >= 11 is 21.8. The summed E-state index contributed by atoms with van der Waals surface area (Å²) in [6.07, 6.45) is 0. The van der Waals surface area contributed by atoms with Crippen molar-refractivity contribution in [1.82, 2.24) is 0 Å². The van der Waals surface area contributed by atoms with Crippen LogP contribution in [0.25, 0.3) is 0 Å². The van der Waals surface area contributed by atoms with E-state index in [-0.39, 0.29) is 0 Å². The summed E-state index contributed by atoms with van der Waals surface area (Å²) in [5.41, 5.74) is 6.27. The van der Waals surface area contributed by atoms with E-state index < -0.39 is 9.70 Å². The van der Waals surface area contributed by atoms with Gasteiger partial charge in [-0.3, -0.25) is 4.79 Å². The maximum Gasteiger partial charge on any atom is 0.276 e. The van der Waals surface area contributed by atoms with Gasteiger partial charge >= 0.3 is 0 Å². The van der Waals surface area contributed by atoms with Gasteiger partial charge in [-0.1, -0.05) is 46.4 Å². The zero-order chi connectivity index (χ0) is 11.6. The van der Waals surface area contributed by atoms with E-state index in [0.29, 0.717) is 16.4 Å². The Morgan fingerprint density at radius 2 is 1.93 bits per heavy atom. The van der Waals surface area contributed by atoms with Crippen LogP contribution in [0, 0.1) is 0 Å². The molecule has 0 radical (unpaired) electrons. The molecule has 0 bridgehead atoms. The number of nitrogens with one attached hydrogen (secondary N) is 1. The Morgan fingerprint density at radius 1 is 1.33 bits per heavy atom. The molecule has 1 aromatic carbocycles. The molecule has 0 heterocycles. The quantitative estimate of drug-likeness (QED) is 0.615. The summed E-state index contributed by atoms with van der Waals surface area (Å²) < 4.78 is -2.01. The average Bonchev–Trinajstić information content (AvgIpc) is 2.10. The number of benzene rings is 1. The first-order valence-electron chi connectivity index (χ1n) is 3.74. The normalized spacial score (nSPS) is 11.2. The minimum absolute atomic E-state index is 0.332. The highest BCUT2D eigenvalue weighted by Crippen LogP contribution is 2.29. The Balaban J connectivity index is 2.83. The fourth-order valence-electron chi connectivity index (χ4n) is 0.823. The molecular formula is C8H6Cl4N2O. The van der Waals surface area contributed by atoms with Crippen molar-refractivity contribution >= 4 is 63.7 Å². The lowest BCUT2D eigenvalue weighted by molar-refractivity contribution is -0.115. The number of carbonyl (C=O) groups excluding carboxylic acids is 1. The fraction of sp³-hybridized carbons (Fsp3) is 0.125. The van der Waals surface area contributed by atoms with E-state index in [2.05, 4.69) is 5.32 Å². The number of rotatable bonds is 1. The second kappa shape index (κ2) is 4.66. The summed E-state index contributed by atoms with van der Waals surface area (Å²) in [6, 6.07) is 4.55. The lowest BCUT2D eigenvalue weighted by Gasteiger charge is -2.11. The maximum absolute atomic E-state index is 11.2. The van der Waals surface area contributed by atoms with Gasteiger partial charge in [-0.25, -0.2) is 0 Å². The number of amides is 1. The Hall–Kier alpha value is -0.350. The number of nitrogens with two attached hydrogens (primary N) is 1. The number of hydrogen-bond acceptors (Lipinski definition) is 2. The van der Waals surface area contributed by atoms with Crippen molar-refractivity contribution in [1.29, 1.82) is 0 Å². The molecule has 0 unspecified atom stereocenters. The molecule has 82 valence electrons. The fourth-order valence-corrected chi connectivity index (χ4v) is 1.08. The van der Waals surface area contributed by atoms with Crippen molar-refractivity contribution in [2.24, 2.45) is 0 Å². The molecule has 0 saturated heterocycles. The van der Waals surface area contributed by atoms with Gasteiger partial charge in [-0.15, -0.1) is 0 Å². The van der Waals surface area contributed by atoms with Crippen LogP contribution in [-0.4, -0.2) is 9.70 Å². The molecule has 0 aliphatic heterocycles. The first kappa shape index (κ1) is 12.7. The van der Waals surface area contributed by atoms with Gasteiger partial charge in [-0.2, -0.15) is 0 Å². The first-order valence-corrected chi connectivity index (χ1v) is 5.25. The molecule has 0 saturated carbocycles. The first-order chi connectivity index (χ1) is 6.80. The van der Waals surface area contributed by atoms with Crippen LogP contribution in [0.5, 0.6) is 0 Å². The molecule has 3 N–H and O–H groups in total. The Bertz CT molecular complexity index is 389. The summed E-state index contributed by atoms with van der Waals surface area (Å²) in [6.45, 7) is 0. The molecule has 1 amide bonds. The number of anilines is 2. The molecular weight excluding hydrogens is 282 g/mol. The van der Waals surface area contributed by atoms with Crippen LogP contribution in [0.1, 0.15) is 0 Å². The van der Waals surface area contributed by atoms with Gasteiger partial charge < -0.3 is 11.1 Å². The van der Waals surface area contributed by atoms with Crippen LogP contribution in [-0.2, 0) is 4.79 Å². The van der Waals surface area contributed by atoms with Crippen LogP contribution >= 0.6 is 46.4 Å². The Labute approximate surface area is 106 Å². The van der Waals surface area contributed by atoms with Gasteiger partial charge in [0.1, 0.15) is 0 Å². The second-order valence-electron chi connectivity index (χ2n) is 2.69. The third-order valence-electron chi connectivity index (χ3n) is 1.51. The van der Waals surface area contributed by atoms with Gasteiger partial charge in [0.15, 0.2) is 0 Å². The third kappa shape index (κ3) is 3.61. The van der Waals surface area contributed by atoms with Crippen LogP contribution < -0.4 is 11.1 Å². The van der Waals surface area contributed by atoms with Gasteiger partial charge in [0, 0.05) is 5.69 Å². The van der Waals surface area contributed by atoms with E-state index >= 15 is 0 Å². The monoisotopic (exact) mass is 286 g/mol. The topological polar surface area (TPSA) is 55.1 Å². The van der Waals surface area contributed by atoms with Crippen molar-refractivity contribution in [2.45, 2.75) is 3.79 Å². The standard InChI is InChI=1S/C8H6Cl4N2O/c9-5-2-1-4(3-6(5)13)14-7(15)8(10,11)12/h1-3H,13H2,(H,14,15). The molecule has 15 heavy (non-hydrogen) atoms. The molecule has 0 fully saturated rings. The second-order valence-corrected chi connectivity index (χ2v) is 5.38. The Morgan fingerprint density at radius 3 is 2.40 bits per heavy atom. The van der Waals surface area contributed by atoms with Crippen LogP contribution in [0.15, 0.2) is 18.2 Å². The predicted octanol–water partition coefficient (Wildman–Crippen LogP) is 3.23. The van der Waals surface area contributed by atoms with E-state index in [9.17, 15) is 4.79 Å². The van der Waals surface area contributed by atoms with Crippen molar-refractivity contribution in [3.63, 3.8) is 0 Å². The lowest BCUT2D eigenvalue weighted by atomic mass is 10.3. The lowest BCUT2D eigenvalue weighted by Crippen LogP contribution is -2.26. The molecule has 3 nitrogen and oxygen atoms in total. The van der Waals surface area contributed by atoms with Crippen molar-refractivity contribution < 1.29 is 4.79 Å². The smallest absolute Gasteiger partial charge is 0.276 e. The van der Waals surface area contributed by atoms with Crippen LogP contribution in [0.2, 0.25) is 5.02 Å². The molecule has 0 aliphatic carbocycles. The number of nitrogen functional groups attached to an aromatic ring is 1. The minimum atomic E-state index is -2.01. The van der Waals surface area contributed by atoms with Crippen molar-refractivity contribution in [2.75, 3.05) is 11.1 Å². The SMILES string of the molecule is Nc1cc(NC(=O)C(Cl)(Cl)Cl)ccc1Cl. The minimum Gasteiger partial charge on any atom is -0.397 e. The zero-order valence-corrected chi connectivity index (χ0v) is 10.3. The van der Waals surface area contributed by atoms with Gasteiger partial charge in [0.05, 0.1) is 10.7 Å². The highest BCUT2D eigenvalue weighted by atomic mass is 35.6. The molecule has 0 aliphatic rings. The van der Waals surface area contributed by atoms with Crippen molar-refractivity contribution in [3.05, 3.63) is 23.2 Å². The number of alkyl halides is 3. The summed E-state index contributed by atoms with van der Waals surface area (Å²) in [5.74, 6) is -0.755. The molecule has 1 aromatic rings. The van der Waals surface area contributed by atoms with Gasteiger partial charge in [0.25, 0.3) is 9.70 Å². The average molecular weight is 288 g/mol. The third-order valence-corrected chi connectivity index (χ3v) is 2.37. The molecule has 0 atom stereocenters. The number of carbonyl (C=O) groups is 1. The van der Waals surface area contributed by atoms with E-state index in [1.165, 1.54) is 12.1 Å². The van der Waals surface area contributed by atoms with Crippen LogP contribution in [0.3, 0.4) is 0 Å². The molecule has 7 heteroatoms. The summed E-state index contributed by atoms with van der Waals surface area (Å²) in [5, 5.41) is 2.77. The Kier molecular flexibility index (Phi) is 3.95. The van der Waals surface area contributed by atoms with E-state index in [1.54, 1.807) is 6.07 Å². The van der Waals surface area contributed by atoms with Gasteiger partial charge in [0.2, 0.25) is 0 Å². The predicted molar refractivity (Wildman–Crippen MR) is 64.8 cm³/mol. The highest BCUT2D eigenvalue weighted by molar-refractivity contribution is 6.76. The van der Waals surface area contributed by atoms with E-state index in [4.69, 9.17) is 52.1 Å². The number of halogens is 4. The molecule has 1 rings (SSSR count). The largest absolute Gasteiger partial charge is 0.397 e. The van der Waals surface area contributed by atoms with Crippen molar-refractivity contribution in [3.8, 4) is 0 Å². The zero-order valence-electron chi connectivity index (χ0n) is 7.23. The number of hydrogen-bond donors (Lipinski definition) is 2.